The molecule has 5 atom stereocenters. The van der Waals surface area contributed by atoms with E-state index in [1.54, 1.807) is 0 Å². The number of hydrogen-bond donors (Lipinski definition) is 1. The van der Waals surface area contributed by atoms with Crippen LogP contribution in [0.25, 0.3) is 0 Å². The first-order valence-corrected chi connectivity index (χ1v) is 12.1. The summed E-state index contributed by atoms with van der Waals surface area (Å²) in [5.41, 5.74) is 3.17. The summed E-state index contributed by atoms with van der Waals surface area (Å²) in [5.74, 6) is 0. The van der Waals surface area contributed by atoms with Gasteiger partial charge in [-0.05, 0) is 23.1 Å². The smallest absolute Gasteiger partial charge is 0.115 e. The molecule has 3 aromatic carbocycles. The lowest BCUT2D eigenvalue weighted by Gasteiger charge is -2.46. The van der Waals surface area contributed by atoms with Crippen LogP contribution in [-0.2, 0) is 38.8 Å². The van der Waals surface area contributed by atoms with Crippen molar-refractivity contribution in [2.24, 2.45) is 0 Å². The van der Waals surface area contributed by atoms with Gasteiger partial charge in [0.1, 0.15) is 24.4 Å². The van der Waals surface area contributed by atoms with Gasteiger partial charge in [0.15, 0.2) is 0 Å². The summed E-state index contributed by atoms with van der Waals surface area (Å²) in [6, 6.07) is 30.0. The minimum absolute atomic E-state index is 0.177. The van der Waals surface area contributed by atoms with E-state index in [0.717, 1.165) is 16.7 Å². The van der Waals surface area contributed by atoms with Gasteiger partial charge in [-0.15, -0.1) is 6.58 Å². The Morgan fingerprint density at radius 1 is 0.629 bits per heavy atom. The maximum atomic E-state index is 10.2. The van der Waals surface area contributed by atoms with Crippen molar-refractivity contribution in [1.82, 2.24) is 0 Å². The molecule has 3 aromatic rings. The van der Waals surface area contributed by atoms with E-state index >= 15 is 0 Å². The maximum absolute atomic E-state index is 10.2. The first kappa shape index (κ1) is 25.3. The van der Waals surface area contributed by atoms with Gasteiger partial charge in [-0.1, -0.05) is 97.1 Å². The Kier molecular flexibility index (Phi) is 9.64. The van der Waals surface area contributed by atoms with Gasteiger partial charge in [0.2, 0.25) is 0 Å². The average Bonchev–Trinajstić information content (AvgIpc) is 2.92. The summed E-state index contributed by atoms with van der Waals surface area (Å²) < 4.78 is 25.6. The van der Waals surface area contributed by atoms with Crippen LogP contribution in [-0.4, -0.2) is 42.2 Å². The Labute approximate surface area is 207 Å². The molecule has 0 saturated carbocycles. The SMILES string of the molecule is C=CCC1OC(CO)C(OCc2ccccc2)C(OCc2ccccc2)C1OCc1ccccc1. The molecule has 0 amide bonds. The first-order chi connectivity index (χ1) is 17.3. The van der Waals surface area contributed by atoms with Crippen LogP contribution >= 0.6 is 0 Å². The fourth-order valence-corrected chi connectivity index (χ4v) is 4.38. The minimum atomic E-state index is -0.541. The Morgan fingerprint density at radius 2 is 1.03 bits per heavy atom. The van der Waals surface area contributed by atoms with E-state index in [4.69, 9.17) is 18.9 Å². The number of ether oxygens (including phenoxy) is 4. The van der Waals surface area contributed by atoms with Crippen molar-refractivity contribution in [2.45, 2.75) is 56.8 Å². The van der Waals surface area contributed by atoms with Crippen LogP contribution in [0.2, 0.25) is 0 Å². The fourth-order valence-electron chi connectivity index (χ4n) is 4.38. The summed E-state index contributed by atoms with van der Waals surface area (Å²) in [6.45, 7) is 4.93. The lowest BCUT2D eigenvalue weighted by molar-refractivity contribution is -0.269. The Bertz CT molecular complexity index is 995. The highest BCUT2D eigenvalue weighted by atomic mass is 16.6. The van der Waals surface area contributed by atoms with Crippen molar-refractivity contribution in [3.05, 3.63) is 120 Å². The summed E-state index contributed by atoms with van der Waals surface area (Å²) in [5, 5.41) is 10.2. The standard InChI is InChI=1S/C30H34O5/c1-2-12-26-28(32-20-23-13-6-3-7-14-23)30(34-22-25-17-10-5-11-18-25)29(27(19-31)35-26)33-21-24-15-8-4-9-16-24/h2-11,13-18,26-31H,1,12,19-22H2. The van der Waals surface area contributed by atoms with E-state index in [2.05, 4.69) is 6.58 Å². The van der Waals surface area contributed by atoms with Gasteiger partial charge in [0, 0.05) is 0 Å². The summed E-state index contributed by atoms with van der Waals surface area (Å²) in [7, 11) is 0. The van der Waals surface area contributed by atoms with Gasteiger partial charge in [0.25, 0.3) is 0 Å². The second kappa shape index (κ2) is 13.3. The number of aliphatic hydroxyl groups excluding tert-OH is 1. The normalized spacial score (nSPS) is 24.2. The van der Waals surface area contributed by atoms with Crippen molar-refractivity contribution >= 4 is 0 Å². The predicted octanol–water partition coefficient (Wildman–Crippen LogP) is 5.08. The molecule has 0 aromatic heterocycles. The molecule has 5 heteroatoms. The lowest BCUT2D eigenvalue weighted by Crippen LogP contribution is -2.60. The molecule has 184 valence electrons. The third-order valence-electron chi connectivity index (χ3n) is 6.16. The van der Waals surface area contributed by atoms with Crippen LogP contribution in [0.15, 0.2) is 104 Å². The zero-order valence-corrected chi connectivity index (χ0v) is 19.9. The quantitative estimate of drug-likeness (QED) is 0.371. The van der Waals surface area contributed by atoms with Gasteiger partial charge in [-0.25, -0.2) is 0 Å². The minimum Gasteiger partial charge on any atom is -0.394 e. The van der Waals surface area contributed by atoms with E-state index < -0.39 is 24.4 Å². The molecule has 1 heterocycles. The van der Waals surface area contributed by atoms with Crippen molar-refractivity contribution < 1.29 is 24.1 Å². The molecule has 4 rings (SSSR count). The zero-order chi connectivity index (χ0) is 24.3. The van der Waals surface area contributed by atoms with Crippen molar-refractivity contribution in [3.8, 4) is 0 Å². The largest absolute Gasteiger partial charge is 0.394 e. The van der Waals surface area contributed by atoms with Crippen LogP contribution in [0.4, 0.5) is 0 Å². The summed E-state index contributed by atoms with van der Waals surface area (Å²) >= 11 is 0. The highest BCUT2D eigenvalue weighted by molar-refractivity contribution is 5.16. The molecule has 35 heavy (non-hydrogen) atoms. The van der Waals surface area contributed by atoms with Gasteiger partial charge in [-0.2, -0.15) is 0 Å². The molecule has 1 aliphatic heterocycles. The number of hydrogen-bond acceptors (Lipinski definition) is 5. The molecular formula is C30H34O5. The monoisotopic (exact) mass is 474 g/mol. The van der Waals surface area contributed by atoms with E-state index in [1.165, 1.54) is 0 Å². The van der Waals surface area contributed by atoms with Crippen LogP contribution in [0.3, 0.4) is 0 Å². The average molecular weight is 475 g/mol. The number of aliphatic hydroxyl groups is 1. The molecule has 1 aliphatic rings. The second-order valence-corrected chi connectivity index (χ2v) is 8.70. The summed E-state index contributed by atoms with van der Waals surface area (Å²) in [6.07, 6.45) is 0.181. The third kappa shape index (κ3) is 7.10. The van der Waals surface area contributed by atoms with Crippen molar-refractivity contribution in [3.63, 3.8) is 0 Å². The molecule has 5 unspecified atom stereocenters. The van der Waals surface area contributed by atoms with Crippen LogP contribution in [0, 0.1) is 0 Å². The van der Waals surface area contributed by atoms with Crippen molar-refractivity contribution in [1.29, 1.82) is 0 Å². The van der Waals surface area contributed by atoms with Gasteiger partial charge in [0.05, 0.1) is 32.5 Å². The third-order valence-corrected chi connectivity index (χ3v) is 6.16. The zero-order valence-electron chi connectivity index (χ0n) is 19.9. The van der Waals surface area contributed by atoms with E-state index in [-0.39, 0.29) is 12.7 Å². The molecule has 1 saturated heterocycles. The Balaban J connectivity index is 1.58. The molecule has 5 nitrogen and oxygen atoms in total. The summed E-state index contributed by atoms with van der Waals surface area (Å²) in [4.78, 5) is 0. The molecule has 1 N–H and O–H groups in total. The molecular weight excluding hydrogens is 440 g/mol. The van der Waals surface area contributed by atoms with Crippen LogP contribution in [0.5, 0.6) is 0 Å². The van der Waals surface area contributed by atoms with Gasteiger partial charge in [-0.3, -0.25) is 0 Å². The van der Waals surface area contributed by atoms with Gasteiger partial charge >= 0.3 is 0 Å². The van der Waals surface area contributed by atoms with Gasteiger partial charge < -0.3 is 24.1 Å². The van der Waals surface area contributed by atoms with E-state index in [1.807, 2.05) is 97.1 Å². The highest BCUT2D eigenvalue weighted by Crippen LogP contribution is 2.31. The maximum Gasteiger partial charge on any atom is 0.115 e. The lowest BCUT2D eigenvalue weighted by atomic mass is 9.92. The van der Waals surface area contributed by atoms with E-state index in [0.29, 0.717) is 26.2 Å². The molecule has 0 spiro atoms. The van der Waals surface area contributed by atoms with Crippen LogP contribution < -0.4 is 0 Å². The highest BCUT2D eigenvalue weighted by Gasteiger charge is 2.47. The Morgan fingerprint density at radius 3 is 1.43 bits per heavy atom. The molecule has 0 bridgehead atoms. The second-order valence-electron chi connectivity index (χ2n) is 8.70. The molecule has 0 radical (unpaired) electrons. The first-order valence-electron chi connectivity index (χ1n) is 12.1. The van der Waals surface area contributed by atoms with E-state index in [9.17, 15) is 5.11 Å². The number of rotatable bonds is 12. The van der Waals surface area contributed by atoms with Crippen molar-refractivity contribution in [2.75, 3.05) is 6.61 Å². The van der Waals surface area contributed by atoms with Crippen LogP contribution in [0.1, 0.15) is 23.1 Å². The Hall–Kier alpha value is -2.80. The molecule has 0 aliphatic carbocycles. The molecule has 1 fully saturated rings. The predicted molar refractivity (Wildman–Crippen MR) is 136 cm³/mol. The topological polar surface area (TPSA) is 57.2 Å². The number of benzene rings is 3. The fraction of sp³-hybridized carbons (Fsp3) is 0.333.